The van der Waals surface area contributed by atoms with Gasteiger partial charge in [-0.1, -0.05) is 38.5 Å². The first kappa shape index (κ1) is 24.0. The van der Waals surface area contributed by atoms with Gasteiger partial charge in [0.25, 0.3) is 11.8 Å². The lowest BCUT2D eigenvalue weighted by atomic mass is 9.94. The second-order valence-corrected chi connectivity index (χ2v) is 8.81. The van der Waals surface area contributed by atoms with Gasteiger partial charge < -0.3 is 19.3 Å². The Balaban J connectivity index is 1.51. The molecule has 32 heavy (non-hydrogen) atoms. The summed E-state index contributed by atoms with van der Waals surface area (Å²) in [4.78, 5) is 45.1. The third-order valence-corrected chi connectivity index (χ3v) is 6.68. The molecule has 0 bridgehead atoms. The van der Waals surface area contributed by atoms with Crippen molar-refractivity contribution in [3.8, 4) is 5.88 Å². The molecule has 1 aromatic heterocycles. The first-order chi connectivity index (χ1) is 15.5. The van der Waals surface area contributed by atoms with Gasteiger partial charge in [0.2, 0.25) is 5.88 Å². The third-order valence-electron chi connectivity index (χ3n) is 6.68. The first-order valence-corrected chi connectivity index (χ1v) is 11.7. The lowest BCUT2D eigenvalue weighted by Gasteiger charge is -2.31. The van der Waals surface area contributed by atoms with E-state index in [0.717, 1.165) is 51.4 Å². The number of aromatic nitrogens is 1. The molecule has 1 heterocycles. The summed E-state index contributed by atoms with van der Waals surface area (Å²) in [5, 5.41) is 0. The van der Waals surface area contributed by atoms with Gasteiger partial charge >= 0.3 is 5.97 Å². The van der Waals surface area contributed by atoms with Crippen LogP contribution in [-0.4, -0.2) is 72.0 Å². The molecule has 8 nitrogen and oxygen atoms in total. The number of pyridine rings is 1. The maximum absolute atomic E-state index is 12.6. The van der Waals surface area contributed by atoms with E-state index < -0.39 is 5.97 Å². The smallest absolute Gasteiger partial charge is 0.344 e. The number of hydrogen-bond donors (Lipinski definition) is 0. The van der Waals surface area contributed by atoms with Crippen molar-refractivity contribution in [1.82, 2.24) is 14.8 Å². The summed E-state index contributed by atoms with van der Waals surface area (Å²) in [5.74, 6) is -1.02. The second kappa shape index (κ2) is 11.8. The molecule has 2 amide bonds. The van der Waals surface area contributed by atoms with Crippen molar-refractivity contribution < 1.29 is 23.9 Å². The van der Waals surface area contributed by atoms with Crippen molar-refractivity contribution in [2.24, 2.45) is 0 Å². The van der Waals surface area contributed by atoms with Crippen LogP contribution in [0, 0.1) is 0 Å². The van der Waals surface area contributed by atoms with E-state index in [1.807, 2.05) is 0 Å². The molecule has 2 saturated carbocycles. The zero-order valence-corrected chi connectivity index (χ0v) is 19.3. The highest BCUT2D eigenvalue weighted by Gasteiger charge is 2.25. The molecule has 2 fully saturated rings. The number of esters is 1. The number of likely N-dealkylation sites (N-methyl/N-ethyl adjacent to an activating group) is 2. The fourth-order valence-electron chi connectivity index (χ4n) is 4.54. The maximum Gasteiger partial charge on any atom is 0.344 e. The second-order valence-electron chi connectivity index (χ2n) is 8.81. The molecule has 0 spiro atoms. The number of rotatable bonds is 8. The van der Waals surface area contributed by atoms with Gasteiger partial charge in [-0.25, -0.2) is 9.78 Å². The highest BCUT2D eigenvalue weighted by atomic mass is 16.5. The van der Waals surface area contributed by atoms with Crippen molar-refractivity contribution in [3.63, 3.8) is 0 Å². The fourth-order valence-corrected chi connectivity index (χ4v) is 4.54. The minimum absolute atomic E-state index is 0.0379. The Hall–Kier alpha value is -2.64. The molecule has 2 aliphatic carbocycles. The summed E-state index contributed by atoms with van der Waals surface area (Å²) in [5.41, 5.74) is 0.105. The van der Waals surface area contributed by atoms with Crippen LogP contribution in [0.3, 0.4) is 0 Å². The Kier molecular flexibility index (Phi) is 8.88. The Bertz CT molecular complexity index is 788. The molecule has 0 N–H and O–H groups in total. The van der Waals surface area contributed by atoms with E-state index in [9.17, 15) is 14.4 Å². The van der Waals surface area contributed by atoms with Crippen LogP contribution in [-0.2, 0) is 14.3 Å². The Morgan fingerprint density at radius 1 is 0.875 bits per heavy atom. The third kappa shape index (κ3) is 6.43. The lowest BCUT2D eigenvalue weighted by Crippen LogP contribution is -2.41. The van der Waals surface area contributed by atoms with E-state index >= 15 is 0 Å². The van der Waals surface area contributed by atoms with E-state index in [4.69, 9.17) is 9.47 Å². The molecular weight excluding hydrogens is 410 g/mol. The number of amides is 2. The van der Waals surface area contributed by atoms with E-state index in [1.54, 1.807) is 30.0 Å². The Morgan fingerprint density at radius 3 is 1.97 bits per heavy atom. The molecule has 0 aliphatic heterocycles. The van der Waals surface area contributed by atoms with Crippen LogP contribution in [0.15, 0.2) is 18.3 Å². The van der Waals surface area contributed by atoms with Gasteiger partial charge in [0, 0.05) is 32.4 Å². The summed E-state index contributed by atoms with van der Waals surface area (Å²) >= 11 is 0. The number of carbonyl (C=O) groups is 3. The minimum Gasteiger partial charge on any atom is -0.467 e. The van der Waals surface area contributed by atoms with Gasteiger partial charge in [0.05, 0.1) is 0 Å². The number of nitrogens with zero attached hydrogens (tertiary/aromatic N) is 3. The van der Waals surface area contributed by atoms with Crippen molar-refractivity contribution in [3.05, 3.63) is 23.9 Å². The van der Waals surface area contributed by atoms with Crippen LogP contribution >= 0.6 is 0 Å². The highest BCUT2D eigenvalue weighted by molar-refractivity contribution is 5.93. The predicted octanol–water partition coefficient (Wildman–Crippen LogP) is 3.20. The van der Waals surface area contributed by atoms with Crippen LogP contribution in [0.4, 0.5) is 0 Å². The lowest BCUT2D eigenvalue weighted by molar-refractivity contribution is -0.136. The highest BCUT2D eigenvalue weighted by Crippen LogP contribution is 2.23. The topological polar surface area (TPSA) is 89.0 Å². The van der Waals surface area contributed by atoms with Crippen LogP contribution in [0.2, 0.25) is 0 Å². The van der Waals surface area contributed by atoms with E-state index in [1.165, 1.54) is 25.1 Å². The Labute approximate surface area is 190 Å². The number of carbonyl (C=O) groups excluding carboxylic acids is 3. The molecule has 3 rings (SSSR count). The molecule has 0 saturated heterocycles. The van der Waals surface area contributed by atoms with Crippen molar-refractivity contribution in [2.75, 3.05) is 27.3 Å². The molecule has 176 valence electrons. The monoisotopic (exact) mass is 445 g/mol. The molecule has 0 atom stereocenters. The van der Waals surface area contributed by atoms with Crippen LogP contribution in [0.5, 0.6) is 5.88 Å². The summed E-state index contributed by atoms with van der Waals surface area (Å²) in [7, 11) is 3.56. The molecule has 1 aromatic rings. The van der Waals surface area contributed by atoms with Gasteiger partial charge in [-0.3, -0.25) is 9.59 Å². The van der Waals surface area contributed by atoms with Gasteiger partial charge in [0.15, 0.2) is 13.2 Å². The maximum atomic E-state index is 12.6. The zero-order chi connectivity index (χ0) is 22.9. The summed E-state index contributed by atoms with van der Waals surface area (Å²) in [6, 6.07) is 3.56. The Morgan fingerprint density at radius 2 is 1.41 bits per heavy atom. The average Bonchev–Trinajstić information content (AvgIpc) is 2.85. The fraction of sp³-hybridized carbons (Fsp3) is 0.667. The summed E-state index contributed by atoms with van der Waals surface area (Å²) in [6.07, 6.45) is 12.4. The molecule has 0 radical (unpaired) electrons. The quantitative estimate of drug-likeness (QED) is 0.571. The standard InChI is InChI=1S/C24H35N3O5/c1-26(18-10-5-3-6-11-18)21(28)16-31-23-20(14-9-15-25-23)24(30)32-17-22(29)27(2)19-12-7-4-8-13-19/h9,14-15,18-19H,3-8,10-13,16-17H2,1-2H3. The van der Waals surface area contributed by atoms with Crippen molar-refractivity contribution >= 4 is 17.8 Å². The van der Waals surface area contributed by atoms with E-state index in [-0.39, 0.29) is 48.6 Å². The normalized spacial score (nSPS) is 17.4. The van der Waals surface area contributed by atoms with Crippen LogP contribution in [0.25, 0.3) is 0 Å². The molecule has 0 aromatic carbocycles. The van der Waals surface area contributed by atoms with Crippen molar-refractivity contribution in [2.45, 2.75) is 76.3 Å². The molecular formula is C24H35N3O5. The first-order valence-electron chi connectivity index (χ1n) is 11.7. The van der Waals surface area contributed by atoms with Crippen LogP contribution in [0.1, 0.15) is 74.6 Å². The number of ether oxygens (including phenoxy) is 2. The molecule has 2 aliphatic rings. The largest absolute Gasteiger partial charge is 0.467 e. The van der Waals surface area contributed by atoms with Crippen molar-refractivity contribution in [1.29, 1.82) is 0 Å². The van der Waals surface area contributed by atoms with E-state index in [2.05, 4.69) is 4.98 Å². The van der Waals surface area contributed by atoms with Gasteiger partial charge in [-0.15, -0.1) is 0 Å². The molecule has 8 heteroatoms. The van der Waals surface area contributed by atoms with E-state index in [0.29, 0.717) is 0 Å². The minimum atomic E-state index is -0.688. The number of hydrogen-bond acceptors (Lipinski definition) is 6. The SMILES string of the molecule is CN(C(=O)COC(=O)c1cccnc1OCC(=O)N(C)C1CCCCC1)C1CCCCC1. The van der Waals surface area contributed by atoms with Gasteiger partial charge in [0.1, 0.15) is 5.56 Å². The zero-order valence-electron chi connectivity index (χ0n) is 19.3. The average molecular weight is 446 g/mol. The molecule has 0 unspecified atom stereocenters. The van der Waals surface area contributed by atoms with Gasteiger partial charge in [-0.05, 0) is 37.8 Å². The van der Waals surface area contributed by atoms with Crippen LogP contribution < -0.4 is 4.74 Å². The predicted molar refractivity (Wildman–Crippen MR) is 119 cm³/mol. The summed E-state index contributed by atoms with van der Waals surface area (Å²) < 4.78 is 10.8. The summed E-state index contributed by atoms with van der Waals surface area (Å²) in [6.45, 7) is -0.531. The van der Waals surface area contributed by atoms with Gasteiger partial charge in [-0.2, -0.15) is 0 Å².